The Hall–Kier alpha value is -0.860. The monoisotopic (exact) mass is 205 g/mol. The summed E-state index contributed by atoms with van der Waals surface area (Å²) in [4.78, 5) is 0. The number of hydrogen-bond acceptors (Lipinski definition) is 2. The molecule has 82 valence electrons. The zero-order chi connectivity index (χ0) is 10.5. The third-order valence-electron chi connectivity index (χ3n) is 3.06. The van der Waals surface area contributed by atoms with Crippen molar-refractivity contribution in [3.63, 3.8) is 0 Å². The highest BCUT2D eigenvalue weighted by Gasteiger charge is 2.19. The molecule has 0 saturated heterocycles. The first-order chi connectivity index (χ1) is 7.42. The van der Waals surface area contributed by atoms with Crippen molar-refractivity contribution in [2.24, 2.45) is 0 Å². The maximum absolute atomic E-state index is 5.06. The van der Waals surface area contributed by atoms with E-state index in [2.05, 4.69) is 29.6 Å². The Labute approximate surface area is 91.6 Å². The Morgan fingerprint density at radius 1 is 1.33 bits per heavy atom. The fourth-order valence-electron chi connectivity index (χ4n) is 2.23. The number of ether oxygens (including phenoxy) is 1. The summed E-state index contributed by atoms with van der Waals surface area (Å²) in [5, 5.41) is 3.56. The zero-order valence-corrected chi connectivity index (χ0v) is 9.33. The molecule has 0 aliphatic carbocycles. The second-order valence-corrected chi connectivity index (χ2v) is 4.12. The third-order valence-corrected chi connectivity index (χ3v) is 3.06. The van der Waals surface area contributed by atoms with Gasteiger partial charge in [-0.1, -0.05) is 24.3 Å². The molecule has 2 nitrogen and oxygen atoms in total. The molecular formula is C13H19NO. The van der Waals surface area contributed by atoms with E-state index >= 15 is 0 Å². The van der Waals surface area contributed by atoms with Crippen LogP contribution in [0, 0.1) is 0 Å². The molecule has 0 radical (unpaired) electrons. The lowest BCUT2D eigenvalue weighted by Crippen LogP contribution is -2.11. The van der Waals surface area contributed by atoms with Crippen molar-refractivity contribution in [3.05, 3.63) is 35.4 Å². The van der Waals surface area contributed by atoms with Gasteiger partial charge in [0.2, 0.25) is 0 Å². The fraction of sp³-hybridized carbons (Fsp3) is 0.538. The number of unbranched alkanes of at least 4 members (excludes halogenated alkanes) is 1. The standard InChI is InChI=1S/C13H19NO/c1-15-9-5-4-8-13-12-7-3-2-6-11(12)10-14-13/h2-3,6-7,13-14H,4-5,8-10H2,1H3. The highest BCUT2D eigenvalue weighted by Crippen LogP contribution is 2.28. The summed E-state index contributed by atoms with van der Waals surface area (Å²) < 4.78 is 5.06. The Bertz CT molecular complexity index is 311. The minimum Gasteiger partial charge on any atom is -0.385 e. The van der Waals surface area contributed by atoms with E-state index in [-0.39, 0.29) is 0 Å². The second kappa shape index (κ2) is 5.29. The van der Waals surface area contributed by atoms with Gasteiger partial charge in [-0.3, -0.25) is 0 Å². The highest BCUT2D eigenvalue weighted by atomic mass is 16.5. The molecule has 0 amide bonds. The summed E-state index contributed by atoms with van der Waals surface area (Å²) in [6, 6.07) is 9.29. The van der Waals surface area contributed by atoms with Crippen LogP contribution in [0.1, 0.15) is 36.4 Å². The minimum absolute atomic E-state index is 0.568. The predicted octanol–water partition coefficient (Wildman–Crippen LogP) is 2.65. The summed E-state index contributed by atoms with van der Waals surface area (Å²) in [6.07, 6.45) is 3.62. The lowest BCUT2D eigenvalue weighted by Gasteiger charge is -2.11. The molecule has 2 rings (SSSR count). The Morgan fingerprint density at radius 2 is 2.20 bits per heavy atom. The summed E-state index contributed by atoms with van der Waals surface area (Å²) in [5.74, 6) is 0. The number of hydrogen-bond donors (Lipinski definition) is 1. The molecule has 0 saturated carbocycles. The molecule has 1 aromatic carbocycles. The van der Waals surface area contributed by atoms with Crippen LogP contribution in [0.3, 0.4) is 0 Å². The van der Waals surface area contributed by atoms with Crippen LogP contribution in [0.15, 0.2) is 24.3 Å². The molecule has 0 spiro atoms. The SMILES string of the molecule is COCCCCC1NCc2ccccc21. The van der Waals surface area contributed by atoms with Gasteiger partial charge in [0, 0.05) is 26.3 Å². The van der Waals surface area contributed by atoms with Crippen LogP contribution >= 0.6 is 0 Å². The van der Waals surface area contributed by atoms with Gasteiger partial charge in [-0.25, -0.2) is 0 Å². The van der Waals surface area contributed by atoms with E-state index < -0.39 is 0 Å². The van der Waals surface area contributed by atoms with Gasteiger partial charge < -0.3 is 10.1 Å². The van der Waals surface area contributed by atoms with Crippen molar-refractivity contribution in [2.75, 3.05) is 13.7 Å². The van der Waals surface area contributed by atoms with Crippen molar-refractivity contribution < 1.29 is 4.74 Å². The smallest absolute Gasteiger partial charge is 0.0462 e. The fourth-order valence-corrected chi connectivity index (χ4v) is 2.23. The number of benzene rings is 1. The molecule has 0 aromatic heterocycles. The largest absolute Gasteiger partial charge is 0.385 e. The van der Waals surface area contributed by atoms with Crippen molar-refractivity contribution in [1.29, 1.82) is 0 Å². The van der Waals surface area contributed by atoms with Crippen LogP contribution in [0.4, 0.5) is 0 Å². The van der Waals surface area contributed by atoms with Crippen LogP contribution < -0.4 is 5.32 Å². The van der Waals surface area contributed by atoms with Crippen LogP contribution in [0.25, 0.3) is 0 Å². The first kappa shape index (κ1) is 10.7. The topological polar surface area (TPSA) is 21.3 Å². The molecule has 0 fully saturated rings. The highest BCUT2D eigenvalue weighted by molar-refractivity contribution is 5.33. The molecule has 0 bridgehead atoms. The van der Waals surface area contributed by atoms with Crippen molar-refractivity contribution >= 4 is 0 Å². The Balaban J connectivity index is 1.85. The van der Waals surface area contributed by atoms with Crippen LogP contribution in [0.5, 0.6) is 0 Å². The van der Waals surface area contributed by atoms with Crippen LogP contribution in [-0.2, 0) is 11.3 Å². The normalized spacial score (nSPS) is 19.1. The minimum atomic E-state index is 0.568. The van der Waals surface area contributed by atoms with Gasteiger partial charge in [0.1, 0.15) is 0 Å². The molecular weight excluding hydrogens is 186 g/mol. The van der Waals surface area contributed by atoms with Crippen LogP contribution in [-0.4, -0.2) is 13.7 Å². The summed E-state index contributed by atoms with van der Waals surface area (Å²) in [7, 11) is 1.77. The quantitative estimate of drug-likeness (QED) is 0.746. The number of rotatable bonds is 5. The van der Waals surface area contributed by atoms with E-state index in [1.807, 2.05) is 0 Å². The molecule has 1 aliphatic heterocycles. The summed E-state index contributed by atoms with van der Waals surface area (Å²) in [5.41, 5.74) is 2.96. The Kier molecular flexibility index (Phi) is 3.75. The number of methoxy groups -OCH3 is 1. The van der Waals surface area contributed by atoms with E-state index in [0.717, 1.165) is 19.6 Å². The lowest BCUT2D eigenvalue weighted by molar-refractivity contribution is 0.191. The van der Waals surface area contributed by atoms with Crippen molar-refractivity contribution in [2.45, 2.75) is 31.8 Å². The number of fused-ring (bicyclic) bond motifs is 1. The molecule has 15 heavy (non-hydrogen) atoms. The van der Waals surface area contributed by atoms with E-state index in [1.165, 1.54) is 24.0 Å². The van der Waals surface area contributed by atoms with Gasteiger partial charge in [0.25, 0.3) is 0 Å². The Morgan fingerprint density at radius 3 is 3.07 bits per heavy atom. The molecule has 1 aliphatic rings. The summed E-state index contributed by atoms with van der Waals surface area (Å²) in [6.45, 7) is 1.92. The predicted molar refractivity (Wildman–Crippen MR) is 61.7 cm³/mol. The second-order valence-electron chi connectivity index (χ2n) is 4.12. The summed E-state index contributed by atoms with van der Waals surface area (Å²) >= 11 is 0. The van der Waals surface area contributed by atoms with E-state index in [9.17, 15) is 0 Å². The van der Waals surface area contributed by atoms with Gasteiger partial charge in [-0.15, -0.1) is 0 Å². The van der Waals surface area contributed by atoms with Crippen molar-refractivity contribution in [3.8, 4) is 0 Å². The molecule has 1 heterocycles. The van der Waals surface area contributed by atoms with Gasteiger partial charge in [0.15, 0.2) is 0 Å². The van der Waals surface area contributed by atoms with E-state index in [0.29, 0.717) is 6.04 Å². The zero-order valence-electron chi connectivity index (χ0n) is 9.33. The lowest BCUT2D eigenvalue weighted by atomic mass is 10.0. The van der Waals surface area contributed by atoms with E-state index in [1.54, 1.807) is 7.11 Å². The molecule has 1 atom stereocenters. The van der Waals surface area contributed by atoms with Gasteiger partial charge in [-0.05, 0) is 30.4 Å². The number of nitrogens with one attached hydrogen (secondary N) is 1. The average molecular weight is 205 g/mol. The molecule has 2 heteroatoms. The van der Waals surface area contributed by atoms with Gasteiger partial charge in [0.05, 0.1) is 0 Å². The maximum Gasteiger partial charge on any atom is 0.0462 e. The van der Waals surface area contributed by atoms with E-state index in [4.69, 9.17) is 4.74 Å². The average Bonchev–Trinajstić information content (AvgIpc) is 2.68. The first-order valence-electron chi connectivity index (χ1n) is 5.72. The third kappa shape index (κ3) is 2.58. The van der Waals surface area contributed by atoms with Crippen LogP contribution in [0.2, 0.25) is 0 Å². The van der Waals surface area contributed by atoms with Crippen molar-refractivity contribution in [1.82, 2.24) is 5.32 Å². The molecule has 1 aromatic rings. The maximum atomic E-state index is 5.06. The molecule has 1 unspecified atom stereocenters. The van der Waals surface area contributed by atoms with Gasteiger partial charge >= 0.3 is 0 Å². The molecule has 1 N–H and O–H groups in total. The van der Waals surface area contributed by atoms with Gasteiger partial charge in [-0.2, -0.15) is 0 Å². The first-order valence-corrected chi connectivity index (χ1v) is 5.72.